The smallest absolute Gasteiger partial charge is 0.230 e. The van der Waals surface area contributed by atoms with Crippen molar-refractivity contribution in [1.29, 1.82) is 0 Å². The third-order valence-corrected chi connectivity index (χ3v) is 3.09. The van der Waals surface area contributed by atoms with Gasteiger partial charge in [0.1, 0.15) is 5.82 Å². The average Bonchev–Trinajstić information content (AvgIpc) is 2.68. The quantitative estimate of drug-likeness (QED) is 0.753. The van der Waals surface area contributed by atoms with E-state index < -0.39 is 5.82 Å². The number of benzene rings is 1. The van der Waals surface area contributed by atoms with Gasteiger partial charge in [-0.05, 0) is 25.1 Å². The minimum absolute atomic E-state index is 0.0502. The van der Waals surface area contributed by atoms with Crippen LogP contribution in [0.5, 0.6) is 0 Å². The first-order valence-electron chi connectivity index (χ1n) is 5.32. The molecule has 6 heteroatoms. The van der Waals surface area contributed by atoms with Crippen LogP contribution in [0.2, 0.25) is 5.02 Å². The Kier molecular flexibility index (Phi) is 3.61. The third kappa shape index (κ3) is 2.74. The highest BCUT2D eigenvalue weighted by atomic mass is 35.5. The lowest BCUT2D eigenvalue weighted by Crippen LogP contribution is -2.33. The van der Waals surface area contributed by atoms with Crippen molar-refractivity contribution in [1.82, 2.24) is 10.9 Å². The second-order valence-electron chi connectivity index (χ2n) is 4.03. The molecule has 0 saturated carbocycles. The SMILES string of the molecule is CC1NNCC1C(=O)Nc1ccc(F)cc1Cl. The summed E-state index contributed by atoms with van der Waals surface area (Å²) in [5.74, 6) is -0.731. The van der Waals surface area contributed by atoms with Crippen LogP contribution in [-0.2, 0) is 4.79 Å². The fourth-order valence-corrected chi connectivity index (χ4v) is 1.96. The van der Waals surface area contributed by atoms with Crippen molar-refractivity contribution in [3.8, 4) is 0 Å². The summed E-state index contributed by atoms with van der Waals surface area (Å²) in [4.78, 5) is 11.9. The van der Waals surface area contributed by atoms with Crippen LogP contribution >= 0.6 is 11.6 Å². The first kappa shape index (κ1) is 12.3. The Labute approximate surface area is 104 Å². The molecule has 0 aliphatic carbocycles. The van der Waals surface area contributed by atoms with Crippen molar-refractivity contribution in [2.24, 2.45) is 5.92 Å². The van der Waals surface area contributed by atoms with Crippen molar-refractivity contribution >= 4 is 23.2 Å². The summed E-state index contributed by atoms with van der Waals surface area (Å²) >= 11 is 5.83. The molecule has 2 unspecified atom stereocenters. The van der Waals surface area contributed by atoms with E-state index in [4.69, 9.17) is 11.6 Å². The maximum Gasteiger partial charge on any atom is 0.230 e. The van der Waals surface area contributed by atoms with Crippen molar-refractivity contribution < 1.29 is 9.18 Å². The van der Waals surface area contributed by atoms with Crippen molar-refractivity contribution in [3.05, 3.63) is 29.0 Å². The van der Waals surface area contributed by atoms with E-state index in [-0.39, 0.29) is 22.9 Å². The topological polar surface area (TPSA) is 53.2 Å². The molecular formula is C11H13ClFN3O. The Bertz CT molecular complexity index is 441. The van der Waals surface area contributed by atoms with Gasteiger partial charge in [-0.25, -0.2) is 4.39 Å². The molecule has 1 aliphatic rings. The lowest BCUT2D eigenvalue weighted by molar-refractivity contribution is -0.119. The zero-order valence-corrected chi connectivity index (χ0v) is 10.0. The lowest BCUT2D eigenvalue weighted by atomic mass is 10.0. The number of hydrogen-bond acceptors (Lipinski definition) is 3. The minimum atomic E-state index is -0.425. The minimum Gasteiger partial charge on any atom is -0.324 e. The van der Waals surface area contributed by atoms with Gasteiger partial charge in [-0.3, -0.25) is 15.6 Å². The second kappa shape index (κ2) is 5.00. The van der Waals surface area contributed by atoms with Gasteiger partial charge in [0.2, 0.25) is 5.91 Å². The largest absolute Gasteiger partial charge is 0.324 e. The predicted octanol–water partition coefficient (Wildman–Crippen LogP) is 1.53. The zero-order chi connectivity index (χ0) is 12.4. The van der Waals surface area contributed by atoms with Gasteiger partial charge in [0.25, 0.3) is 0 Å². The van der Waals surface area contributed by atoms with Crippen LogP contribution in [0.1, 0.15) is 6.92 Å². The second-order valence-corrected chi connectivity index (χ2v) is 4.44. The molecular weight excluding hydrogens is 245 g/mol. The van der Waals surface area contributed by atoms with E-state index in [2.05, 4.69) is 16.2 Å². The Morgan fingerprint density at radius 2 is 2.35 bits per heavy atom. The summed E-state index contributed by atoms with van der Waals surface area (Å²) in [5, 5.41) is 2.89. The molecule has 4 nitrogen and oxygen atoms in total. The first-order valence-corrected chi connectivity index (χ1v) is 5.70. The summed E-state index contributed by atoms with van der Waals surface area (Å²) in [6.07, 6.45) is 0. The van der Waals surface area contributed by atoms with Gasteiger partial charge in [0.05, 0.1) is 16.6 Å². The van der Waals surface area contributed by atoms with Crippen LogP contribution in [0, 0.1) is 11.7 Å². The molecule has 0 spiro atoms. The Morgan fingerprint density at radius 3 is 2.94 bits per heavy atom. The highest BCUT2D eigenvalue weighted by Crippen LogP contribution is 2.23. The van der Waals surface area contributed by atoms with Crippen LogP contribution in [0.25, 0.3) is 0 Å². The van der Waals surface area contributed by atoms with Crippen LogP contribution < -0.4 is 16.2 Å². The van der Waals surface area contributed by atoms with Crippen LogP contribution in [0.15, 0.2) is 18.2 Å². The number of hydrazine groups is 1. The summed E-state index contributed by atoms with van der Waals surface area (Å²) in [7, 11) is 0. The molecule has 1 aromatic carbocycles. The lowest BCUT2D eigenvalue weighted by Gasteiger charge is -2.14. The normalized spacial score (nSPS) is 23.7. The molecule has 1 aromatic rings. The number of carbonyl (C=O) groups excluding carboxylic acids is 1. The van der Waals surface area contributed by atoms with E-state index >= 15 is 0 Å². The first-order chi connectivity index (χ1) is 8.08. The van der Waals surface area contributed by atoms with Crippen LogP contribution in [-0.4, -0.2) is 18.5 Å². The Hall–Kier alpha value is -1.17. The fraction of sp³-hybridized carbons (Fsp3) is 0.364. The van der Waals surface area contributed by atoms with E-state index in [9.17, 15) is 9.18 Å². The number of halogens is 2. The van der Waals surface area contributed by atoms with E-state index in [1.807, 2.05) is 6.92 Å². The number of carbonyl (C=O) groups is 1. The summed E-state index contributed by atoms with van der Waals surface area (Å²) < 4.78 is 12.8. The molecule has 1 saturated heterocycles. The maximum atomic E-state index is 12.8. The van der Waals surface area contributed by atoms with Gasteiger partial charge < -0.3 is 5.32 Å². The maximum absolute atomic E-state index is 12.8. The Balaban J connectivity index is 2.07. The molecule has 1 heterocycles. The van der Waals surface area contributed by atoms with E-state index in [1.165, 1.54) is 18.2 Å². The number of rotatable bonds is 2. The van der Waals surface area contributed by atoms with Gasteiger partial charge in [0, 0.05) is 12.6 Å². The molecule has 0 radical (unpaired) electrons. The zero-order valence-electron chi connectivity index (χ0n) is 9.26. The summed E-state index contributed by atoms with van der Waals surface area (Å²) in [5.41, 5.74) is 6.29. The predicted molar refractivity (Wildman–Crippen MR) is 64.1 cm³/mol. The molecule has 0 bridgehead atoms. The molecule has 1 amide bonds. The third-order valence-electron chi connectivity index (χ3n) is 2.78. The average molecular weight is 258 g/mol. The molecule has 1 aliphatic heterocycles. The van der Waals surface area contributed by atoms with E-state index in [0.29, 0.717) is 12.2 Å². The van der Waals surface area contributed by atoms with Gasteiger partial charge in [-0.1, -0.05) is 11.6 Å². The highest BCUT2D eigenvalue weighted by molar-refractivity contribution is 6.33. The van der Waals surface area contributed by atoms with Gasteiger partial charge >= 0.3 is 0 Å². The van der Waals surface area contributed by atoms with Gasteiger partial charge in [-0.2, -0.15) is 0 Å². The molecule has 17 heavy (non-hydrogen) atoms. The van der Waals surface area contributed by atoms with E-state index in [0.717, 1.165) is 0 Å². The summed E-state index contributed by atoms with van der Waals surface area (Å²) in [6, 6.07) is 3.94. The summed E-state index contributed by atoms with van der Waals surface area (Å²) in [6.45, 7) is 2.47. The number of nitrogens with one attached hydrogen (secondary N) is 3. The molecule has 3 N–H and O–H groups in total. The van der Waals surface area contributed by atoms with Crippen molar-refractivity contribution in [2.45, 2.75) is 13.0 Å². The molecule has 1 fully saturated rings. The van der Waals surface area contributed by atoms with Crippen molar-refractivity contribution in [3.63, 3.8) is 0 Å². The monoisotopic (exact) mass is 257 g/mol. The van der Waals surface area contributed by atoms with Gasteiger partial charge in [0.15, 0.2) is 0 Å². The fourth-order valence-electron chi connectivity index (χ4n) is 1.74. The number of anilines is 1. The Morgan fingerprint density at radius 1 is 1.59 bits per heavy atom. The van der Waals surface area contributed by atoms with Crippen LogP contribution in [0.3, 0.4) is 0 Å². The molecule has 0 aromatic heterocycles. The molecule has 92 valence electrons. The standard InChI is InChI=1S/C11H13ClFN3O/c1-6-8(5-14-16-6)11(17)15-10-3-2-7(13)4-9(10)12/h2-4,6,8,14,16H,5H2,1H3,(H,15,17). The van der Waals surface area contributed by atoms with E-state index in [1.54, 1.807) is 0 Å². The van der Waals surface area contributed by atoms with Crippen LogP contribution in [0.4, 0.5) is 10.1 Å². The van der Waals surface area contributed by atoms with Gasteiger partial charge in [-0.15, -0.1) is 0 Å². The number of hydrogen-bond donors (Lipinski definition) is 3. The number of amides is 1. The molecule has 2 rings (SSSR count). The van der Waals surface area contributed by atoms with Crippen molar-refractivity contribution in [2.75, 3.05) is 11.9 Å². The highest BCUT2D eigenvalue weighted by Gasteiger charge is 2.29. The molecule has 2 atom stereocenters.